The number of rotatable bonds is 5. The number of benzene rings is 3. The molecule has 0 fully saturated rings. The standard InChI is InChI=1S/C24H18ClFO4/c1-14-22(29-13-19-20(25)4-3-5-21(19)26)11-10-17-18(12-23(27)30-24(14)17)15-6-8-16(28-2)9-7-15/h3-12H,13H2,1-2H3. The van der Waals surface area contributed by atoms with E-state index in [0.717, 1.165) is 22.3 Å². The van der Waals surface area contributed by atoms with Crippen molar-refractivity contribution in [2.45, 2.75) is 13.5 Å². The molecule has 0 aliphatic carbocycles. The van der Waals surface area contributed by atoms with Gasteiger partial charge < -0.3 is 13.9 Å². The van der Waals surface area contributed by atoms with Crippen LogP contribution in [0.2, 0.25) is 5.02 Å². The summed E-state index contributed by atoms with van der Waals surface area (Å²) >= 11 is 6.07. The molecule has 0 N–H and O–H groups in total. The van der Waals surface area contributed by atoms with Crippen molar-refractivity contribution in [2.24, 2.45) is 0 Å². The average Bonchev–Trinajstić information content (AvgIpc) is 2.75. The highest BCUT2D eigenvalue weighted by atomic mass is 35.5. The molecule has 0 aliphatic rings. The molecule has 30 heavy (non-hydrogen) atoms. The topological polar surface area (TPSA) is 48.7 Å². The Hall–Kier alpha value is -3.31. The normalized spacial score (nSPS) is 10.9. The lowest BCUT2D eigenvalue weighted by atomic mass is 10.00. The van der Waals surface area contributed by atoms with Crippen LogP contribution < -0.4 is 15.1 Å². The van der Waals surface area contributed by atoms with Crippen molar-refractivity contribution in [2.75, 3.05) is 7.11 Å². The van der Waals surface area contributed by atoms with Gasteiger partial charge in [0.05, 0.1) is 12.1 Å². The van der Waals surface area contributed by atoms with Gasteiger partial charge in [-0.2, -0.15) is 0 Å². The van der Waals surface area contributed by atoms with Crippen molar-refractivity contribution >= 4 is 22.6 Å². The smallest absolute Gasteiger partial charge is 0.336 e. The van der Waals surface area contributed by atoms with Crippen LogP contribution in [0.3, 0.4) is 0 Å². The molecule has 3 aromatic carbocycles. The largest absolute Gasteiger partial charge is 0.497 e. The van der Waals surface area contributed by atoms with Gasteiger partial charge in [-0.25, -0.2) is 9.18 Å². The van der Waals surface area contributed by atoms with E-state index in [-0.39, 0.29) is 12.2 Å². The van der Waals surface area contributed by atoms with E-state index < -0.39 is 11.4 Å². The van der Waals surface area contributed by atoms with Crippen LogP contribution in [-0.2, 0) is 6.61 Å². The van der Waals surface area contributed by atoms with Gasteiger partial charge in [0.15, 0.2) is 0 Å². The summed E-state index contributed by atoms with van der Waals surface area (Å²) in [6.45, 7) is 1.75. The number of hydrogen-bond acceptors (Lipinski definition) is 4. The lowest BCUT2D eigenvalue weighted by Gasteiger charge is -2.13. The molecular formula is C24H18ClFO4. The molecular weight excluding hydrogens is 407 g/mol. The summed E-state index contributed by atoms with van der Waals surface area (Å²) in [5.74, 6) is 0.774. The molecule has 4 rings (SSSR count). The number of hydrogen-bond donors (Lipinski definition) is 0. The zero-order valence-electron chi connectivity index (χ0n) is 16.4. The Morgan fingerprint density at radius 3 is 2.53 bits per heavy atom. The first kappa shape index (κ1) is 20.0. The van der Waals surface area contributed by atoms with Gasteiger partial charge in [0.1, 0.15) is 29.5 Å². The number of aryl methyl sites for hydroxylation is 1. The lowest BCUT2D eigenvalue weighted by molar-refractivity contribution is 0.298. The molecule has 0 atom stereocenters. The van der Waals surface area contributed by atoms with Crippen LogP contribution >= 0.6 is 11.6 Å². The highest BCUT2D eigenvalue weighted by molar-refractivity contribution is 6.31. The number of methoxy groups -OCH3 is 1. The van der Waals surface area contributed by atoms with Gasteiger partial charge in [-0.3, -0.25) is 0 Å². The summed E-state index contributed by atoms with van der Waals surface area (Å²) in [4.78, 5) is 12.2. The quantitative estimate of drug-likeness (QED) is 0.360. The first-order valence-electron chi connectivity index (χ1n) is 9.25. The van der Waals surface area contributed by atoms with Gasteiger partial charge in [0.2, 0.25) is 0 Å². The summed E-state index contributed by atoms with van der Waals surface area (Å²) in [6, 6.07) is 17.0. The molecule has 0 saturated heterocycles. The second-order valence-corrected chi connectivity index (χ2v) is 7.17. The fourth-order valence-corrected chi connectivity index (χ4v) is 3.55. The molecule has 0 spiro atoms. The predicted molar refractivity (Wildman–Crippen MR) is 115 cm³/mol. The zero-order valence-corrected chi connectivity index (χ0v) is 17.1. The SMILES string of the molecule is COc1ccc(-c2cc(=O)oc3c(C)c(OCc4c(F)cccc4Cl)ccc23)cc1. The fraction of sp³-hybridized carbons (Fsp3) is 0.125. The Balaban J connectivity index is 1.74. The monoisotopic (exact) mass is 424 g/mol. The van der Waals surface area contributed by atoms with E-state index in [9.17, 15) is 9.18 Å². The van der Waals surface area contributed by atoms with E-state index in [0.29, 0.717) is 21.9 Å². The molecule has 1 heterocycles. The van der Waals surface area contributed by atoms with Crippen molar-refractivity contribution in [1.29, 1.82) is 0 Å². The van der Waals surface area contributed by atoms with Crippen molar-refractivity contribution in [3.05, 3.63) is 93.1 Å². The van der Waals surface area contributed by atoms with Gasteiger partial charge >= 0.3 is 5.63 Å². The molecule has 0 unspecified atom stereocenters. The van der Waals surface area contributed by atoms with E-state index in [1.165, 1.54) is 18.2 Å². The maximum absolute atomic E-state index is 14.0. The molecule has 4 nitrogen and oxygen atoms in total. The Morgan fingerprint density at radius 2 is 1.83 bits per heavy atom. The predicted octanol–water partition coefficient (Wildman–Crippen LogP) is 6.15. The van der Waals surface area contributed by atoms with Crippen LogP contribution in [0.25, 0.3) is 22.1 Å². The molecule has 0 aliphatic heterocycles. The molecule has 4 aromatic rings. The fourth-order valence-electron chi connectivity index (χ4n) is 3.33. The third-order valence-electron chi connectivity index (χ3n) is 4.95. The Labute approximate surface area is 177 Å². The number of fused-ring (bicyclic) bond motifs is 1. The number of halogens is 2. The highest BCUT2D eigenvalue weighted by Gasteiger charge is 2.15. The van der Waals surface area contributed by atoms with Gasteiger partial charge in [0.25, 0.3) is 0 Å². The minimum Gasteiger partial charge on any atom is -0.497 e. The van der Waals surface area contributed by atoms with Gasteiger partial charge in [-0.15, -0.1) is 0 Å². The maximum Gasteiger partial charge on any atom is 0.336 e. The second kappa shape index (κ2) is 8.20. The first-order valence-corrected chi connectivity index (χ1v) is 9.63. The van der Waals surface area contributed by atoms with Crippen LogP contribution in [0.1, 0.15) is 11.1 Å². The van der Waals surface area contributed by atoms with E-state index in [4.69, 9.17) is 25.5 Å². The minimum atomic E-state index is -0.467. The van der Waals surface area contributed by atoms with Crippen molar-refractivity contribution < 1.29 is 18.3 Å². The maximum atomic E-state index is 14.0. The average molecular weight is 425 g/mol. The van der Waals surface area contributed by atoms with E-state index in [1.54, 1.807) is 26.2 Å². The molecule has 0 radical (unpaired) electrons. The van der Waals surface area contributed by atoms with Crippen LogP contribution in [0.4, 0.5) is 4.39 Å². The third-order valence-corrected chi connectivity index (χ3v) is 5.30. The van der Waals surface area contributed by atoms with Crippen LogP contribution in [-0.4, -0.2) is 7.11 Å². The molecule has 0 bridgehead atoms. The summed E-state index contributed by atoms with van der Waals surface area (Å²) in [7, 11) is 1.60. The molecule has 152 valence electrons. The summed E-state index contributed by atoms with van der Waals surface area (Å²) in [5, 5.41) is 1.07. The Morgan fingerprint density at radius 1 is 1.07 bits per heavy atom. The van der Waals surface area contributed by atoms with Gasteiger partial charge in [-0.05, 0) is 54.4 Å². The summed E-state index contributed by atoms with van der Waals surface area (Å²) in [6.07, 6.45) is 0. The molecule has 0 saturated carbocycles. The zero-order chi connectivity index (χ0) is 21.3. The Bertz CT molecular complexity index is 1260. The Kier molecular flexibility index (Phi) is 5.46. The van der Waals surface area contributed by atoms with Crippen molar-refractivity contribution in [3.8, 4) is 22.6 Å². The highest BCUT2D eigenvalue weighted by Crippen LogP contribution is 2.34. The summed E-state index contributed by atoms with van der Waals surface area (Å²) < 4.78 is 30.5. The van der Waals surface area contributed by atoms with Crippen molar-refractivity contribution in [1.82, 2.24) is 0 Å². The van der Waals surface area contributed by atoms with Gasteiger partial charge in [-0.1, -0.05) is 29.8 Å². The molecule has 0 amide bonds. The van der Waals surface area contributed by atoms with E-state index in [1.807, 2.05) is 30.3 Å². The molecule has 6 heteroatoms. The third kappa shape index (κ3) is 3.76. The number of ether oxygens (including phenoxy) is 2. The van der Waals surface area contributed by atoms with E-state index in [2.05, 4.69) is 0 Å². The van der Waals surface area contributed by atoms with Crippen LogP contribution in [0.5, 0.6) is 11.5 Å². The molecule has 1 aromatic heterocycles. The van der Waals surface area contributed by atoms with E-state index >= 15 is 0 Å². The second-order valence-electron chi connectivity index (χ2n) is 6.76. The van der Waals surface area contributed by atoms with Crippen molar-refractivity contribution in [3.63, 3.8) is 0 Å². The minimum absolute atomic E-state index is 0.0414. The first-order chi connectivity index (χ1) is 14.5. The van der Waals surface area contributed by atoms with Gasteiger partial charge in [0, 0.05) is 22.6 Å². The lowest BCUT2D eigenvalue weighted by Crippen LogP contribution is -2.03. The van der Waals surface area contributed by atoms with Crippen LogP contribution in [0, 0.1) is 12.7 Å². The summed E-state index contributed by atoms with van der Waals surface area (Å²) in [5.41, 5.74) is 2.48. The van der Waals surface area contributed by atoms with Crippen LogP contribution in [0.15, 0.2) is 69.9 Å².